The van der Waals surface area contributed by atoms with Crippen LogP contribution < -0.4 is 4.73 Å². The van der Waals surface area contributed by atoms with Gasteiger partial charge >= 0.3 is 0 Å². The summed E-state index contributed by atoms with van der Waals surface area (Å²) in [5.41, 5.74) is 5.55. The number of benzene rings is 2. The van der Waals surface area contributed by atoms with Gasteiger partial charge in [0.1, 0.15) is 12.1 Å². The molecule has 1 saturated carbocycles. The number of pyridine rings is 1. The van der Waals surface area contributed by atoms with E-state index >= 15 is 0 Å². The summed E-state index contributed by atoms with van der Waals surface area (Å²) in [5.74, 6) is 0.214. The Hall–Kier alpha value is -3.91. The topological polar surface area (TPSA) is 82.9 Å². The highest BCUT2D eigenvalue weighted by atomic mass is 35.5. The Morgan fingerprint density at radius 3 is 2.75 bits per heavy atom. The van der Waals surface area contributed by atoms with Gasteiger partial charge in [0.05, 0.1) is 11.6 Å². The molecule has 0 radical (unpaired) electrons. The van der Waals surface area contributed by atoms with Crippen LogP contribution in [0.3, 0.4) is 0 Å². The molecule has 2 aromatic heterocycles. The largest absolute Gasteiger partial charge is 0.618 e. The molecule has 2 aliphatic rings. The lowest BCUT2D eigenvalue weighted by atomic mass is 9.88. The molecule has 1 unspecified atom stereocenters. The molecule has 0 bridgehead atoms. The summed E-state index contributed by atoms with van der Waals surface area (Å²) in [4.78, 5) is 4.70. The van der Waals surface area contributed by atoms with Gasteiger partial charge in [0.2, 0.25) is 5.69 Å². The smallest absolute Gasteiger partial charge is 0.201 e. The molecule has 0 N–H and O–H groups in total. The third-order valence-electron chi connectivity index (χ3n) is 6.79. The molecule has 0 saturated heterocycles. The van der Waals surface area contributed by atoms with E-state index < -0.39 is 0 Å². The molecule has 36 heavy (non-hydrogen) atoms. The summed E-state index contributed by atoms with van der Waals surface area (Å²) in [6.45, 7) is 0. The number of rotatable bonds is 7. The van der Waals surface area contributed by atoms with Crippen molar-refractivity contribution in [2.45, 2.75) is 31.6 Å². The van der Waals surface area contributed by atoms with Crippen LogP contribution >= 0.6 is 11.6 Å². The van der Waals surface area contributed by atoms with E-state index in [0.29, 0.717) is 28.6 Å². The van der Waals surface area contributed by atoms with Gasteiger partial charge in [-0.05, 0) is 70.3 Å². The number of allylic oxidation sites excluding steroid dienone is 1. The lowest BCUT2D eigenvalue weighted by molar-refractivity contribution is -0.614. The molecule has 2 aromatic carbocycles. The number of aromatic nitrogens is 5. The lowest BCUT2D eigenvalue weighted by Crippen LogP contribution is -2.35. The Labute approximate surface area is 212 Å². The van der Waals surface area contributed by atoms with Crippen molar-refractivity contribution >= 4 is 22.9 Å². The van der Waals surface area contributed by atoms with Crippen LogP contribution in [0.25, 0.3) is 22.4 Å². The molecule has 4 aromatic rings. The highest BCUT2D eigenvalue weighted by Crippen LogP contribution is 2.41. The normalized spacial score (nSPS) is 16.1. The van der Waals surface area contributed by atoms with Crippen molar-refractivity contribution < 1.29 is 9.12 Å². The second-order valence-corrected chi connectivity index (χ2v) is 9.71. The van der Waals surface area contributed by atoms with E-state index in [1.54, 1.807) is 30.6 Å². The first-order valence-electron chi connectivity index (χ1n) is 11.8. The maximum atomic E-state index is 13.8. The average molecular weight is 501 g/mol. The molecule has 1 fully saturated rings. The van der Waals surface area contributed by atoms with Crippen LogP contribution in [0, 0.1) is 16.9 Å². The zero-order valence-electron chi connectivity index (χ0n) is 19.3. The van der Waals surface area contributed by atoms with Crippen molar-refractivity contribution in [2.75, 3.05) is 0 Å². The molecule has 1 aliphatic heterocycles. The van der Waals surface area contributed by atoms with Gasteiger partial charge in [-0.25, -0.2) is 4.39 Å². The first kappa shape index (κ1) is 22.5. The standard InChI is InChI=1S/C27H22ClFN6O/c28-21-7-9-26(34-16-31-32-33-34)23(13-21)19-6-8-27(35(36)15-19)24(10-17-4-5-17)25-12-20(14-30-25)18-2-1-3-22(29)11-18/h1-3,6-9,11,13-17,24H,4-5,10,12H2. The molecular formula is C27H22ClFN6O. The van der Waals surface area contributed by atoms with E-state index in [-0.39, 0.29) is 11.7 Å². The van der Waals surface area contributed by atoms with Crippen molar-refractivity contribution in [3.05, 3.63) is 101 Å². The van der Waals surface area contributed by atoms with Gasteiger partial charge in [-0.15, -0.1) is 5.10 Å². The van der Waals surface area contributed by atoms with Gasteiger partial charge in [0.15, 0.2) is 6.20 Å². The van der Waals surface area contributed by atoms with Gasteiger partial charge in [0, 0.05) is 40.5 Å². The van der Waals surface area contributed by atoms with Crippen molar-refractivity contribution in [2.24, 2.45) is 10.9 Å². The van der Waals surface area contributed by atoms with Gasteiger partial charge in [0.25, 0.3) is 0 Å². The van der Waals surface area contributed by atoms with E-state index in [9.17, 15) is 9.60 Å². The quantitative estimate of drug-likeness (QED) is 0.247. The van der Waals surface area contributed by atoms with Crippen LogP contribution in [0.5, 0.6) is 0 Å². The van der Waals surface area contributed by atoms with Crippen LogP contribution in [-0.2, 0) is 0 Å². The van der Waals surface area contributed by atoms with Gasteiger partial charge < -0.3 is 5.21 Å². The van der Waals surface area contributed by atoms with Crippen LogP contribution in [0.4, 0.5) is 4.39 Å². The molecule has 1 atom stereocenters. The molecule has 6 rings (SSSR count). The van der Waals surface area contributed by atoms with E-state index in [1.807, 2.05) is 24.3 Å². The number of tetrazole rings is 1. The Morgan fingerprint density at radius 2 is 2.00 bits per heavy atom. The fourth-order valence-corrected chi connectivity index (χ4v) is 4.94. The molecule has 7 nitrogen and oxygen atoms in total. The minimum Gasteiger partial charge on any atom is -0.618 e. The summed E-state index contributed by atoms with van der Waals surface area (Å²) in [6, 6.07) is 15.7. The molecule has 0 spiro atoms. The number of aliphatic imine (C=N–C) groups is 1. The first-order chi connectivity index (χ1) is 17.5. The fraction of sp³-hybridized carbons (Fsp3) is 0.222. The van der Waals surface area contributed by atoms with Crippen molar-refractivity contribution in [1.29, 1.82) is 0 Å². The average Bonchev–Trinajstić information content (AvgIpc) is 3.31. The lowest BCUT2D eigenvalue weighted by Gasteiger charge is -2.18. The third-order valence-corrected chi connectivity index (χ3v) is 7.02. The number of hydrogen-bond acceptors (Lipinski definition) is 5. The maximum Gasteiger partial charge on any atom is 0.201 e. The van der Waals surface area contributed by atoms with Crippen LogP contribution in [0.15, 0.2) is 78.3 Å². The molecule has 3 heterocycles. The first-order valence-corrected chi connectivity index (χ1v) is 12.2. The molecular weight excluding hydrogens is 479 g/mol. The Morgan fingerprint density at radius 1 is 1.11 bits per heavy atom. The molecule has 180 valence electrons. The summed E-state index contributed by atoms with van der Waals surface area (Å²) < 4.78 is 16.2. The van der Waals surface area contributed by atoms with Crippen LogP contribution in [0.1, 0.15) is 42.9 Å². The minimum atomic E-state index is -0.272. The highest BCUT2D eigenvalue weighted by Gasteiger charge is 2.34. The van der Waals surface area contributed by atoms with Gasteiger partial charge in [-0.3, -0.25) is 4.99 Å². The second kappa shape index (κ2) is 9.28. The van der Waals surface area contributed by atoms with Gasteiger partial charge in [-0.2, -0.15) is 9.41 Å². The SMILES string of the molecule is [O-][n+]1cc(-c2cc(Cl)ccc2-n2cnnn2)ccc1C(CC1CC1)C1=NC=C(c2cccc(F)c2)C1. The molecule has 0 amide bonds. The molecule has 9 heteroatoms. The van der Waals surface area contributed by atoms with Gasteiger partial charge in [-0.1, -0.05) is 36.6 Å². The third kappa shape index (κ3) is 4.52. The van der Waals surface area contributed by atoms with E-state index in [0.717, 1.165) is 39.3 Å². The number of hydrogen-bond donors (Lipinski definition) is 0. The van der Waals surface area contributed by atoms with Crippen molar-refractivity contribution in [3.63, 3.8) is 0 Å². The van der Waals surface area contributed by atoms with Crippen molar-refractivity contribution in [3.8, 4) is 16.8 Å². The number of halogens is 2. The second-order valence-electron chi connectivity index (χ2n) is 9.28. The Bertz CT molecular complexity index is 1500. The van der Waals surface area contributed by atoms with Crippen molar-refractivity contribution in [1.82, 2.24) is 20.2 Å². The van der Waals surface area contributed by atoms with E-state index in [1.165, 1.54) is 36.0 Å². The maximum absolute atomic E-state index is 13.8. The number of nitrogens with zero attached hydrogens (tertiary/aromatic N) is 6. The summed E-state index contributed by atoms with van der Waals surface area (Å²) >= 11 is 6.28. The van der Waals surface area contributed by atoms with E-state index in [2.05, 4.69) is 15.5 Å². The summed E-state index contributed by atoms with van der Waals surface area (Å²) in [6.07, 6.45) is 8.69. The Balaban J connectivity index is 1.32. The fourth-order valence-electron chi connectivity index (χ4n) is 4.77. The summed E-state index contributed by atoms with van der Waals surface area (Å²) in [5, 5.41) is 25.4. The predicted molar refractivity (Wildman–Crippen MR) is 135 cm³/mol. The zero-order valence-corrected chi connectivity index (χ0v) is 20.0. The van der Waals surface area contributed by atoms with Crippen LogP contribution in [0.2, 0.25) is 5.02 Å². The predicted octanol–water partition coefficient (Wildman–Crippen LogP) is 5.52. The Kier molecular flexibility index (Phi) is 5.81. The summed E-state index contributed by atoms with van der Waals surface area (Å²) in [7, 11) is 0. The van der Waals surface area contributed by atoms with E-state index in [4.69, 9.17) is 16.6 Å². The monoisotopic (exact) mass is 500 g/mol. The highest BCUT2D eigenvalue weighted by molar-refractivity contribution is 6.31. The molecule has 1 aliphatic carbocycles. The van der Waals surface area contributed by atoms with Crippen LogP contribution in [-0.4, -0.2) is 25.9 Å². The zero-order chi connectivity index (χ0) is 24.6. The minimum absolute atomic E-state index is 0.107.